The molecule has 1 aromatic rings. The zero-order chi connectivity index (χ0) is 16.0. The molecule has 0 heterocycles. The topological polar surface area (TPSA) is 66.4 Å². The van der Waals surface area contributed by atoms with E-state index in [0.29, 0.717) is 21.2 Å². The van der Waals surface area contributed by atoms with Gasteiger partial charge in [-0.25, -0.2) is 4.79 Å². The van der Waals surface area contributed by atoms with E-state index in [2.05, 4.69) is 11.9 Å². The highest BCUT2D eigenvalue weighted by Gasteiger charge is 2.09. The molecule has 0 saturated heterocycles. The van der Waals surface area contributed by atoms with E-state index in [0.717, 1.165) is 0 Å². The first kappa shape index (κ1) is 17.3. The lowest BCUT2D eigenvalue weighted by atomic mass is 10.1. The van der Waals surface area contributed by atoms with Gasteiger partial charge in [0.05, 0.1) is 0 Å². The molecule has 6 heteroatoms. The summed E-state index contributed by atoms with van der Waals surface area (Å²) in [4.78, 5) is 22.5. The molecule has 0 aliphatic rings. The summed E-state index contributed by atoms with van der Waals surface area (Å²) >= 11 is 11.7. The van der Waals surface area contributed by atoms with Crippen LogP contribution in [0.1, 0.15) is 18.9 Å². The molecule has 112 valence electrons. The third-order valence-corrected chi connectivity index (χ3v) is 3.00. The van der Waals surface area contributed by atoms with E-state index in [1.165, 1.54) is 6.08 Å². The van der Waals surface area contributed by atoms with Gasteiger partial charge in [-0.2, -0.15) is 0 Å². The van der Waals surface area contributed by atoms with Crippen LogP contribution >= 0.6 is 23.2 Å². The molecule has 0 saturated carbocycles. The summed E-state index contributed by atoms with van der Waals surface area (Å²) in [7, 11) is 0. The first-order valence-corrected chi connectivity index (χ1v) is 6.89. The Hall–Kier alpha value is -1.78. The largest absolute Gasteiger partial charge is 0.478 e. The molecule has 0 unspecified atom stereocenters. The van der Waals surface area contributed by atoms with E-state index in [1.807, 2.05) is 0 Å². The van der Waals surface area contributed by atoms with Crippen LogP contribution in [0.5, 0.6) is 0 Å². The van der Waals surface area contributed by atoms with E-state index in [4.69, 9.17) is 23.2 Å². The van der Waals surface area contributed by atoms with Crippen LogP contribution in [0.4, 0.5) is 0 Å². The average molecular weight is 328 g/mol. The van der Waals surface area contributed by atoms with Gasteiger partial charge in [-0.3, -0.25) is 4.79 Å². The number of carbonyl (C=O) groups is 2. The Morgan fingerprint density at radius 3 is 2.33 bits per heavy atom. The summed E-state index contributed by atoms with van der Waals surface area (Å²) < 4.78 is 0. The third kappa shape index (κ3) is 6.02. The van der Waals surface area contributed by atoms with Crippen molar-refractivity contribution >= 4 is 41.2 Å². The van der Waals surface area contributed by atoms with Crippen molar-refractivity contribution in [2.75, 3.05) is 6.54 Å². The fraction of sp³-hybridized carbons (Fsp3) is 0.200. The van der Waals surface area contributed by atoms with Gasteiger partial charge in [0.1, 0.15) is 0 Å². The zero-order valence-electron chi connectivity index (χ0n) is 11.5. The lowest BCUT2D eigenvalue weighted by Gasteiger charge is -2.06. The highest BCUT2D eigenvalue weighted by atomic mass is 35.5. The van der Waals surface area contributed by atoms with Crippen LogP contribution in [0.15, 0.2) is 35.9 Å². The second kappa shape index (κ2) is 7.86. The molecule has 21 heavy (non-hydrogen) atoms. The normalized spacial score (nSPS) is 11.1. The number of halogens is 2. The molecular weight excluding hydrogens is 313 g/mol. The maximum absolute atomic E-state index is 11.3. The number of hydrogen-bond donors (Lipinski definition) is 2. The standard InChI is InChI=1S/C15H15Cl2NO3/c1-9(2)14(19)18-4-3-11(15(20)21)5-10-6-12(16)8-13(17)7-10/h5-8H,1,3-4H2,2H3,(H,18,19)(H,20,21)/b11-5+. The van der Waals surface area contributed by atoms with Crippen molar-refractivity contribution in [1.29, 1.82) is 0 Å². The first-order chi connectivity index (χ1) is 9.79. The van der Waals surface area contributed by atoms with Crippen molar-refractivity contribution in [3.05, 3.63) is 51.5 Å². The Morgan fingerprint density at radius 2 is 1.86 bits per heavy atom. The predicted molar refractivity (Wildman–Crippen MR) is 84.5 cm³/mol. The number of carboxylic acids is 1. The second-order valence-electron chi connectivity index (χ2n) is 4.46. The number of carboxylic acid groups (broad SMARTS) is 1. The Labute approximate surface area is 133 Å². The van der Waals surface area contributed by atoms with E-state index in [9.17, 15) is 14.7 Å². The number of rotatable bonds is 6. The SMILES string of the molecule is C=C(C)C(=O)NCC/C(=C\c1cc(Cl)cc(Cl)c1)C(=O)O. The van der Waals surface area contributed by atoms with Gasteiger partial charge in [-0.1, -0.05) is 29.8 Å². The van der Waals surface area contributed by atoms with Gasteiger partial charge in [-0.05, 0) is 43.2 Å². The number of hydrogen-bond acceptors (Lipinski definition) is 2. The average Bonchev–Trinajstić information content (AvgIpc) is 2.35. The molecule has 0 aromatic heterocycles. The molecule has 0 aliphatic heterocycles. The molecule has 1 amide bonds. The molecular formula is C15H15Cl2NO3. The van der Waals surface area contributed by atoms with Crippen molar-refractivity contribution in [2.24, 2.45) is 0 Å². The molecule has 1 aromatic carbocycles. The minimum Gasteiger partial charge on any atom is -0.478 e. The zero-order valence-corrected chi connectivity index (χ0v) is 13.0. The summed E-state index contributed by atoms with van der Waals surface area (Å²) in [6.07, 6.45) is 1.66. The molecule has 1 rings (SSSR count). The molecule has 0 aliphatic carbocycles. The van der Waals surface area contributed by atoms with Crippen LogP contribution in [-0.2, 0) is 9.59 Å². The summed E-state index contributed by atoms with van der Waals surface area (Å²) in [5.74, 6) is -1.36. The summed E-state index contributed by atoms with van der Waals surface area (Å²) in [5, 5.41) is 12.6. The molecule has 2 N–H and O–H groups in total. The van der Waals surface area contributed by atoms with Gasteiger partial charge in [0.25, 0.3) is 0 Å². The van der Waals surface area contributed by atoms with Crippen LogP contribution in [-0.4, -0.2) is 23.5 Å². The minimum atomic E-state index is -1.06. The highest BCUT2D eigenvalue weighted by Crippen LogP contribution is 2.21. The molecule has 0 radical (unpaired) electrons. The van der Waals surface area contributed by atoms with Gasteiger partial charge in [0.2, 0.25) is 5.91 Å². The van der Waals surface area contributed by atoms with Crippen molar-refractivity contribution in [3.63, 3.8) is 0 Å². The fourth-order valence-corrected chi connectivity index (χ4v) is 2.11. The van der Waals surface area contributed by atoms with Gasteiger partial charge in [0, 0.05) is 27.7 Å². The highest BCUT2D eigenvalue weighted by molar-refractivity contribution is 6.34. The van der Waals surface area contributed by atoms with E-state index >= 15 is 0 Å². The molecule has 0 fully saturated rings. The van der Waals surface area contributed by atoms with Crippen LogP contribution in [0.25, 0.3) is 6.08 Å². The van der Waals surface area contributed by atoms with E-state index in [-0.39, 0.29) is 24.4 Å². The van der Waals surface area contributed by atoms with Crippen LogP contribution in [0, 0.1) is 0 Å². The van der Waals surface area contributed by atoms with Crippen LogP contribution in [0.2, 0.25) is 10.0 Å². The van der Waals surface area contributed by atoms with Gasteiger partial charge in [0.15, 0.2) is 0 Å². The Bertz CT molecular complexity index is 589. The van der Waals surface area contributed by atoms with Gasteiger partial charge >= 0.3 is 5.97 Å². The maximum Gasteiger partial charge on any atom is 0.331 e. The second-order valence-corrected chi connectivity index (χ2v) is 5.34. The number of amides is 1. The minimum absolute atomic E-state index is 0.148. The van der Waals surface area contributed by atoms with E-state index < -0.39 is 5.97 Å². The number of nitrogens with one attached hydrogen (secondary N) is 1. The lowest BCUT2D eigenvalue weighted by molar-refractivity contribution is -0.132. The number of aliphatic carboxylic acids is 1. The van der Waals surface area contributed by atoms with Crippen molar-refractivity contribution in [3.8, 4) is 0 Å². The summed E-state index contributed by atoms with van der Waals surface area (Å²) in [6, 6.07) is 4.79. The molecule has 0 spiro atoms. The van der Waals surface area contributed by atoms with Gasteiger partial charge < -0.3 is 10.4 Å². The summed E-state index contributed by atoms with van der Waals surface area (Å²) in [5.41, 5.74) is 1.11. The monoisotopic (exact) mass is 327 g/mol. The molecule has 0 atom stereocenters. The third-order valence-electron chi connectivity index (χ3n) is 2.57. The summed E-state index contributed by atoms with van der Waals surface area (Å²) in [6.45, 7) is 5.29. The Balaban J connectivity index is 2.81. The molecule has 4 nitrogen and oxygen atoms in total. The smallest absolute Gasteiger partial charge is 0.331 e. The number of carbonyl (C=O) groups excluding carboxylic acids is 1. The van der Waals surface area contributed by atoms with E-state index in [1.54, 1.807) is 25.1 Å². The van der Waals surface area contributed by atoms with Crippen molar-refractivity contribution in [2.45, 2.75) is 13.3 Å². The Morgan fingerprint density at radius 1 is 1.29 bits per heavy atom. The first-order valence-electron chi connectivity index (χ1n) is 6.13. The Kier molecular flexibility index (Phi) is 6.46. The number of benzene rings is 1. The maximum atomic E-state index is 11.3. The van der Waals surface area contributed by atoms with Gasteiger partial charge in [-0.15, -0.1) is 0 Å². The quantitative estimate of drug-likeness (QED) is 0.785. The van der Waals surface area contributed by atoms with Crippen molar-refractivity contribution < 1.29 is 14.7 Å². The molecule has 0 bridgehead atoms. The van der Waals surface area contributed by atoms with Crippen molar-refractivity contribution in [1.82, 2.24) is 5.32 Å². The van der Waals surface area contributed by atoms with Crippen LogP contribution in [0.3, 0.4) is 0 Å². The van der Waals surface area contributed by atoms with Crippen LogP contribution < -0.4 is 5.32 Å². The fourth-order valence-electron chi connectivity index (χ4n) is 1.56. The predicted octanol–water partition coefficient (Wildman–Crippen LogP) is 3.54. The lowest BCUT2D eigenvalue weighted by Crippen LogP contribution is -2.25.